The number of rotatable bonds is 0. The minimum Gasteiger partial charge on any atom is -0.271 e. The first kappa shape index (κ1) is 8.04. The zero-order valence-electron chi connectivity index (χ0n) is 6.99. The van der Waals surface area contributed by atoms with Crippen molar-refractivity contribution in [1.29, 1.82) is 0 Å². The number of hydrogen-bond donors (Lipinski definition) is 0. The van der Waals surface area contributed by atoms with E-state index in [1.165, 1.54) is 6.08 Å². The van der Waals surface area contributed by atoms with Gasteiger partial charge in [0.1, 0.15) is 18.1 Å². The van der Waals surface area contributed by atoms with Gasteiger partial charge in [0.05, 0.1) is 5.71 Å². The maximum absolute atomic E-state index is 13.0. The summed E-state index contributed by atoms with van der Waals surface area (Å²) in [5.41, 5.74) is 0.900. The Morgan fingerprint density at radius 2 is 2.31 bits per heavy atom. The maximum Gasteiger partial charge on any atom is 0.260 e. The van der Waals surface area contributed by atoms with Crippen LogP contribution in [0.15, 0.2) is 33.5 Å². The molecule has 0 aromatic rings. The van der Waals surface area contributed by atoms with Gasteiger partial charge in [-0.3, -0.25) is 4.79 Å². The second-order valence-electron chi connectivity index (χ2n) is 2.96. The van der Waals surface area contributed by atoms with E-state index in [1.807, 2.05) is 0 Å². The van der Waals surface area contributed by atoms with Crippen LogP contribution in [0.5, 0.6) is 0 Å². The van der Waals surface area contributed by atoms with Crippen molar-refractivity contribution in [3.05, 3.63) is 23.6 Å². The molecule has 0 aromatic heterocycles. The molecule has 13 heavy (non-hydrogen) atoms. The topological polar surface area (TPSA) is 41.8 Å². The number of aliphatic imine (C=N–C) groups is 2. The third-order valence-corrected chi connectivity index (χ3v) is 2.04. The van der Waals surface area contributed by atoms with E-state index in [4.69, 9.17) is 0 Å². The average molecular weight is 178 g/mol. The number of allylic oxidation sites excluding steroid dienone is 3. The zero-order valence-corrected chi connectivity index (χ0v) is 6.99. The molecule has 1 unspecified atom stereocenters. The Labute approximate surface area is 74.4 Å². The van der Waals surface area contributed by atoms with Crippen LogP contribution >= 0.6 is 0 Å². The predicted molar refractivity (Wildman–Crippen MR) is 47.4 cm³/mol. The Bertz CT molecular complexity index is 390. The molecule has 66 valence electrons. The smallest absolute Gasteiger partial charge is 0.260 e. The highest BCUT2D eigenvalue weighted by atomic mass is 19.1. The fourth-order valence-electron chi connectivity index (χ4n) is 1.30. The van der Waals surface area contributed by atoms with Crippen molar-refractivity contribution in [3.8, 4) is 0 Å². The molecule has 2 aliphatic rings. The fourth-order valence-corrected chi connectivity index (χ4v) is 1.30. The highest BCUT2D eigenvalue weighted by Crippen LogP contribution is 2.23. The van der Waals surface area contributed by atoms with Gasteiger partial charge in [-0.1, -0.05) is 6.08 Å². The van der Waals surface area contributed by atoms with Crippen molar-refractivity contribution in [1.82, 2.24) is 0 Å². The number of carbonyl (C=O) groups is 1. The largest absolute Gasteiger partial charge is 0.271 e. The molecule has 4 heteroatoms. The number of fused-ring (bicyclic) bond motifs is 1. The molecule has 0 saturated heterocycles. The second-order valence-corrected chi connectivity index (χ2v) is 2.96. The van der Waals surface area contributed by atoms with Gasteiger partial charge in [-0.2, -0.15) is 0 Å². The molecule has 0 aromatic carbocycles. The van der Waals surface area contributed by atoms with Crippen molar-refractivity contribution < 1.29 is 9.18 Å². The number of halogens is 1. The van der Waals surface area contributed by atoms with Gasteiger partial charge >= 0.3 is 0 Å². The number of hydrogen-bond acceptors (Lipinski definition) is 2. The molecule has 1 heterocycles. The van der Waals surface area contributed by atoms with Crippen LogP contribution in [0.4, 0.5) is 4.39 Å². The lowest BCUT2D eigenvalue weighted by Crippen LogP contribution is -2.25. The summed E-state index contributed by atoms with van der Waals surface area (Å²) in [6, 6.07) is 0. The maximum atomic E-state index is 13.0. The highest BCUT2D eigenvalue weighted by Gasteiger charge is 2.26. The lowest BCUT2D eigenvalue weighted by Gasteiger charge is -2.17. The molecule has 1 aliphatic carbocycles. The third kappa shape index (κ3) is 1.24. The van der Waals surface area contributed by atoms with Crippen LogP contribution < -0.4 is 0 Å². The fraction of sp³-hybridized carbons (Fsp3) is 0.222. The van der Waals surface area contributed by atoms with Crippen LogP contribution in [-0.4, -0.2) is 18.0 Å². The lowest BCUT2D eigenvalue weighted by molar-refractivity contribution is -0.118. The predicted octanol–water partition coefficient (Wildman–Crippen LogP) is 1.43. The Morgan fingerprint density at radius 3 is 3.08 bits per heavy atom. The summed E-state index contributed by atoms with van der Waals surface area (Å²) < 4.78 is 13.0. The molecule has 2 rings (SSSR count). The Kier molecular flexibility index (Phi) is 1.69. The summed E-state index contributed by atoms with van der Waals surface area (Å²) in [6.45, 7) is 1.62. The highest BCUT2D eigenvalue weighted by molar-refractivity contribution is 6.18. The van der Waals surface area contributed by atoms with E-state index >= 15 is 0 Å². The van der Waals surface area contributed by atoms with Crippen LogP contribution in [0, 0.1) is 5.92 Å². The SMILES string of the molecule is CC1=CC2C(=O)N=CN=C2C=C1F. The Morgan fingerprint density at radius 1 is 1.54 bits per heavy atom. The van der Waals surface area contributed by atoms with Gasteiger partial charge in [-0.25, -0.2) is 14.4 Å². The standard InChI is InChI=1S/C9H7FN2O/c1-5-2-6-8(3-7(5)10)11-4-12-9(6)13/h2-4,6H,1H3. The molecule has 0 fully saturated rings. The van der Waals surface area contributed by atoms with E-state index in [9.17, 15) is 9.18 Å². The van der Waals surface area contributed by atoms with Crippen molar-refractivity contribution in [2.24, 2.45) is 15.9 Å². The molecule has 1 aliphatic heterocycles. The summed E-state index contributed by atoms with van der Waals surface area (Å²) in [7, 11) is 0. The van der Waals surface area contributed by atoms with Gasteiger partial charge in [0.15, 0.2) is 0 Å². The average Bonchev–Trinajstić information content (AvgIpc) is 2.09. The molecule has 3 nitrogen and oxygen atoms in total. The molecule has 0 spiro atoms. The first-order chi connectivity index (χ1) is 6.18. The van der Waals surface area contributed by atoms with E-state index < -0.39 is 5.92 Å². The van der Waals surface area contributed by atoms with E-state index in [0.29, 0.717) is 11.3 Å². The Balaban J connectivity index is 2.47. The number of amides is 1. The van der Waals surface area contributed by atoms with Crippen LogP contribution in [0.3, 0.4) is 0 Å². The van der Waals surface area contributed by atoms with Crippen molar-refractivity contribution in [2.75, 3.05) is 0 Å². The molecular weight excluding hydrogens is 171 g/mol. The summed E-state index contributed by atoms with van der Waals surface area (Å²) in [6.07, 6.45) is 3.99. The lowest BCUT2D eigenvalue weighted by atomic mass is 9.93. The van der Waals surface area contributed by atoms with E-state index in [-0.39, 0.29) is 11.7 Å². The van der Waals surface area contributed by atoms with Crippen LogP contribution in [-0.2, 0) is 4.79 Å². The van der Waals surface area contributed by atoms with Crippen LogP contribution in [0.25, 0.3) is 0 Å². The summed E-state index contributed by atoms with van der Waals surface area (Å²) in [5, 5.41) is 0. The first-order valence-electron chi connectivity index (χ1n) is 3.88. The van der Waals surface area contributed by atoms with Gasteiger partial charge in [0.25, 0.3) is 5.91 Å². The van der Waals surface area contributed by atoms with Crippen LogP contribution in [0.1, 0.15) is 6.92 Å². The van der Waals surface area contributed by atoms with Gasteiger partial charge in [-0.15, -0.1) is 0 Å². The Hall–Kier alpha value is -1.58. The van der Waals surface area contributed by atoms with Crippen LogP contribution in [0.2, 0.25) is 0 Å². The van der Waals surface area contributed by atoms with Crippen molar-refractivity contribution in [2.45, 2.75) is 6.92 Å². The molecule has 1 atom stereocenters. The summed E-state index contributed by atoms with van der Waals surface area (Å²) >= 11 is 0. The van der Waals surface area contributed by atoms with E-state index in [0.717, 1.165) is 6.34 Å². The normalized spacial score (nSPS) is 26.2. The second kappa shape index (κ2) is 2.73. The van der Waals surface area contributed by atoms with E-state index in [2.05, 4.69) is 9.98 Å². The quantitative estimate of drug-likeness (QED) is 0.553. The van der Waals surface area contributed by atoms with E-state index in [1.54, 1.807) is 13.0 Å². The number of nitrogens with zero attached hydrogens (tertiary/aromatic N) is 2. The molecular formula is C9H7FN2O. The van der Waals surface area contributed by atoms with Gasteiger partial charge in [0.2, 0.25) is 0 Å². The molecule has 0 bridgehead atoms. The molecule has 0 saturated carbocycles. The molecule has 0 N–H and O–H groups in total. The minimum absolute atomic E-state index is 0.284. The van der Waals surface area contributed by atoms with Gasteiger partial charge in [-0.05, 0) is 18.6 Å². The van der Waals surface area contributed by atoms with Crippen molar-refractivity contribution in [3.63, 3.8) is 0 Å². The van der Waals surface area contributed by atoms with Gasteiger partial charge in [0, 0.05) is 0 Å². The number of carbonyl (C=O) groups excluding carboxylic acids is 1. The minimum atomic E-state index is -0.482. The third-order valence-electron chi connectivity index (χ3n) is 2.04. The monoisotopic (exact) mass is 178 g/mol. The summed E-state index contributed by atoms with van der Waals surface area (Å²) in [5.74, 6) is -1.10. The zero-order chi connectivity index (χ0) is 9.42. The van der Waals surface area contributed by atoms with Crippen molar-refractivity contribution >= 4 is 18.0 Å². The first-order valence-corrected chi connectivity index (χ1v) is 3.88. The summed E-state index contributed by atoms with van der Waals surface area (Å²) in [4.78, 5) is 18.6. The van der Waals surface area contributed by atoms with Gasteiger partial charge < -0.3 is 0 Å². The molecule has 1 amide bonds. The molecule has 0 radical (unpaired) electrons.